The van der Waals surface area contributed by atoms with Crippen molar-refractivity contribution in [3.63, 3.8) is 0 Å². The lowest BCUT2D eigenvalue weighted by Gasteiger charge is -2.28. The SMILES string of the molecule is [2H]c1c([2H])c(C)c([2H])c(-c2cccc(-n3c4ccc(C(C)(C)C)cc4c4cc(C(C)(C)C)ccc43)c2C(C)(C)C)c1[2H]. The normalized spacial score (nSPS) is 14.5. The van der Waals surface area contributed by atoms with E-state index in [1.807, 2.05) is 12.1 Å². The molecule has 1 heterocycles. The fourth-order valence-corrected chi connectivity index (χ4v) is 5.51. The molecule has 0 unspecified atom stereocenters. The number of hydrogen-bond donors (Lipinski definition) is 0. The van der Waals surface area contributed by atoms with Crippen LogP contribution in [-0.2, 0) is 16.2 Å². The van der Waals surface area contributed by atoms with Crippen LogP contribution in [0.5, 0.6) is 0 Å². The Bertz CT molecular complexity index is 1770. The van der Waals surface area contributed by atoms with Crippen LogP contribution in [0.15, 0.2) is 78.8 Å². The summed E-state index contributed by atoms with van der Waals surface area (Å²) < 4.78 is 36.9. The van der Waals surface area contributed by atoms with Gasteiger partial charge in [0.15, 0.2) is 0 Å². The number of rotatable bonds is 2. The molecule has 0 fully saturated rings. The minimum absolute atomic E-state index is 0.00558. The van der Waals surface area contributed by atoms with Crippen LogP contribution in [0.1, 0.15) is 90.1 Å². The Labute approximate surface area is 235 Å². The molecular formula is C37H43N. The molecule has 0 saturated carbocycles. The Hall–Kier alpha value is -3.32. The maximum absolute atomic E-state index is 8.95. The maximum atomic E-state index is 8.95. The predicted molar refractivity (Wildman–Crippen MR) is 167 cm³/mol. The molecule has 1 heteroatoms. The molecule has 1 aromatic heterocycles. The topological polar surface area (TPSA) is 4.93 Å². The van der Waals surface area contributed by atoms with Gasteiger partial charge in [-0.15, -0.1) is 0 Å². The molecule has 1 nitrogen and oxygen atoms in total. The van der Waals surface area contributed by atoms with Gasteiger partial charge in [-0.25, -0.2) is 0 Å². The highest BCUT2D eigenvalue weighted by molar-refractivity contribution is 6.10. The zero-order chi connectivity index (χ0) is 31.1. The van der Waals surface area contributed by atoms with E-state index >= 15 is 0 Å². The maximum Gasteiger partial charge on any atom is 0.0632 e. The van der Waals surface area contributed by atoms with Crippen LogP contribution in [-0.4, -0.2) is 4.57 Å². The van der Waals surface area contributed by atoms with Crippen molar-refractivity contribution in [3.8, 4) is 16.8 Å². The largest absolute Gasteiger partial charge is 0.309 e. The second-order valence-corrected chi connectivity index (χ2v) is 13.7. The molecule has 196 valence electrons. The van der Waals surface area contributed by atoms with Crippen LogP contribution in [0, 0.1) is 6.92 Å². The summed E-state index contributed by atoms with van der Waals surface area (Å²) >= 11 is 0. The van der Waals surface area contributed by atoms with Crippen molar-refractivity contribution >= 4 is 21.8 Å². The van der Waals surface area contributed by atoms with Crippen LogP contribution in [0.25, 0.3) is 38.6 Å². The van der Waals surface area contributed by atoms with Crippen LogP contribution >= 0.6 is 0 Å². The highest BCUT2D eigenvalue weighted by atomic mass is 15.0. The molecule has 5 aromatic rings. The smallest absolute Gasteiger partial charge is 0.0632 e. The van der Waals surface area contributed by atoms with Crippen LogP contribution in [0.3, 0.4) is 0 Å². The van der Waals surface area contributed by atoms with Crippen LogP contribution in [0.4, 0.5) is 0 Å². The van der Waals surface area contributed by atoms with Gasteiger partial charge in [-0.05, 0) is 81.3 Å². The number of aromatic nitrogens is 1. The van der Waals surface area contributed by atoms with Crippen molar-refractivity contribution in [2.24, 2.45) is 0 Å². The van der Waals surface area contributed by atoms with E-state index < -0.39 is 0 Å². The van der Waals surface area contributed by atoms with Gasteiger partial charge in [-0.2, -0.15) is 0 Å². The molecule has 0 bridgehead atoms. The molecule has 0 aliphatic rings. The van der Waals surface area contributed by atoms with E-state index in [0.717, 1.165) is 27.8 Å². The van der Waals surface area contributed by atoms with Crippen molar-refractivity contribution in [3.05, 3.63) is 101 Å². The summed E-state index contributed by atoms with van der Waals surface area (Å²) in [4.78, 5) is 0. The molecule has 0 aliphatic heterocycles. The summed E-state index contributed by atoms with van der Waals surface area (Å²) in [6.07, 6.45) is 0. The molecule has 0 N–H and O–H groups in total. The van der Waals surface area contributed by atoms with Crippen LogP contribution in [0.2, 0.25) is 0 Å². The van der Waals surface area contributed by atoms with E-state index in [0.29, 0.717) is 11.1 Å². The van der Waals surface area contributed by atoms with Gasteiger partial charge in [0.25, 0.3) is 0 Å². The zero-order valence-electron chi connectivity index (χ0n) is 28.6. The first-order valence-corrected chi connectivity index (χ1v) is 13.6. The molecule has 0 radical (unpaired) electrons. The Morgan fingerprint density at radius 3 is 1.71 bits per heavy atom. The van der Waals surface area contributed by atoms with E-state index in [9.17, 15) is 0 Å². The van der Waals surface area contributed by atoms with Crippen molar-refractivity contribution in [1.29, 1.82) is 0 Å². The minimum Gasteiger partial charge on any atom is -0.309 e. The third-order valence-electron chi connectivity index (χ3n) is 7.55. The van der Waals surface area contributed by atoms with Gasteiger partial charge in [0, 0.05) is 10.8 Å². The first-order valence-electron chi connectivity index (χ1n) is 15.6. The van der Waals surface area contributed by atoms with Crippen molar-refractivity contribution in [2.45, 2.75) is 85.5 Å². The van der Waals surface area contributed by atoms with E-state index in [1.54, 1.807) is 6.92 Å². The van der Waals surface area contributed by atoms with Gasteiger partial charge in [-0.1, -0.05) is 116 Å². The number of fused-ring (bicyclic) bond motifs is 3. The monoisotopic (exact) mass is 505 g/mol. The van der Waals surface area contributed by atoms with Crippen molar-refractivity contribution in [1.82, 2.24) is 4.57 Å². The van der Waals surface area contributed by atoms with Gasteiger partial charge in [0.05, 0.1) is 22.2 Å². The van der Waals surface area contributed by atoms with Gasteiger partial charge in [-0.3, -0.25) is 0 Å². The molecule has 38 heavy (non-hydrogen) atoms. The molecule has 4 aromatic carbocycles. The van der Waals surface area contributed by atoms with Crippen molar-refractivity contribution < 1.29 is 5.48 Å². The van der Waals surface area contributed by atoms with E-state index in [4.69, 9.17) is 5.48 Å². The number of benzene rings is 4. The average molecular weight is 506 g/mol. The van der Waals surface area contributed by atoms with Crippen LogP contribution < -0.4 is 0 Å². The average Bonchev–Trinajstić information content (AvgIpc) is 3.22. The lowest BCUT2D eigenvalue weighted by atomic mass is 9.80. The highest BCUT2D eigenvalue weighted by Gasteiger charge is 2.27. The van der Waals surface area contributed by atoms with E-state index in [1.165, 1.54) is 21.9 Å². The number of hydrogen-bond acceptors (Lipinski definition) is 0. The first kappa shape index (κ1) is 21.6. The molecule has 0 spiro atoms. The Balaban J connectivity index is 1.96. The molecule has 0 saturated heterocycles. The van der Waals surface area contributed by atoms with E-state index in [2.05, 4.69) is 109 Å². The lowest BCUT2D eigenvalue weighted by Crippen LogP contribution is -2.17. The molecular weight excluding hydrogens is 458 g/mol. The van der Waals surface area contributed by atoms with Gasteiger partial charge in [0.2, 0.25) is 0 Å². The van der Waals surface area contributed by atoms with Gasteiger partial charge >= 0.3 is 0 Å². The Morgan fingerprint density at radius 2 is 1.21 bits per heavy atom. The third kappa shape index (κ3) is 4.57. The molecule has 0 amide bonds. The first-order chi connectivity index (χ1) is 19.3. The summed E-state index contributed by atoms with van der Waals surface area (Å²) in [5, 5.41) is 2.41. The molecule has 0 atom stereocenters. The van der Waals surface area contributed by atoms with Gasteiger partial charge in [0.1, 0.15) is 0 Å². The third-order valence-corrected chi connectivity index (χ3v) is 7.55. The Kier molecular flexibility index (Phi) is 5.04. The summed E-state index contributed by atoms with van der Waals surface area (Å²) in [7, 11) is 0. The summed E-state index contributed by atoms with van der Waals surface area (Å²) in [5.41, 5.74) is 8.11. The quantitative estimate of drug-likeness (QED) is 0.225. The zero-order valence-corrected chi connectivity index (χ0v) is 24.6. The predicted octanol–water partition coefficient (Wildman–Crippen LogP) is 10.7. The number of nitrogens with zero attached hydrogens (tertiary/aromatic N) is 1. The second-order valence-electron chi connectivity index (χ2n) is 13.7. The lowest BCUT2D eigenvalue weighted by molar-refractivity contribution is 0.589. The van der Waals surface area contributed by atoms with Gasteiger partial charge < -0.3 is 4.57 Å². The molecule has 5 rings (SSSR count). The fraction of sp³-hybridized carbons (Fsp3) is 0.351. The minimum atomic E-state index is -0.347. The fourth-order valence-electron chi connectivity index (χ4n) is 5.51. The summed E-state index contributed by atoms with van der Waals surface area (Å²) in [6.45, 7) is 21.7. The van der Waals surface area contributed by atoms with E-state index in [-0.39, 0.29) is 40.4 Å². The summed E-state index contributed by atoms with van der Waals surface area (Å²) in [6, 6.07) is 19.6. The second kappa shape index (κ2) is 8.87. The molecule has 0 aliphatic carbocycles. The Morgan fingerprint density at radius 1 is 0.658 bits per heavy atom. The van der Waals surface area contributed by atoms with Crippen molar-refractivity contribution in [2.75, 3.05) is 0 Å². The standard InChI is InChI=1S/C37H43N/c1-24-13-11-14-25(21-24)28-15-12-16-33(34(28)37(8,9)10)38-31-19-17-26(35(2,3)4)22-29(31)30-23-27(36(5,6)7)18-20-32(30)38/h11-23H,1-10H3/i11D,13D,14D,21D. The highest BCUT2D eigenvalue weighted by Crippen LogP contribution is 2.42. The summed E-state index contributed by atoms with van der Waals surface area (Å²) in [5.74, 6) is 0.